The van der Waals surface area contributed by atoms with Gasteiger partial charge in [-0.3, -0.25) is 0 Å². The van der Waals surface area contributed by atoms with Crippen LogP contribution < -0.4 is 0 Å². The van der Waals surface area contributed by atoms with Crippen LogP contribution in [0.5, 0.6) is 0 Å². The fourth-order valence-corrected chi connectivity index (χ4v) is 2.41. The van der Waals surface area contributed by atoms with Gasteiger partial charge in [0, 0.05) is 17.8 Å². The zero-order valence-electron chi connectivity index (χ0n) is 11.2. The van der Waals surface area contributed by atoms with Gasteiger partial charge in [-0.05, 0) is 51.9 Å². The van der Waals surface area contributed by atoms with Crippen molar-refractivity contribution in [3.63, 3.8) is 0 Å². The van der Waals surface area contributed by atoms with Crippen molar-refractivity contribution in [1.82, 2.24) is 4.90 Å². The molecule has 1 saturated heterocycles. The third-order valence-electron chi connectivity index (χ3n) is 3.52. The third-order valence-corrected chi connectivity index (χ3v) is 3.52. The van der Waals surface area contributed by atoms with Crippen molar-refractivity contribution < 1.29 is 0 Å². The molecule has 0 aromatic heterocycles. The number of nitrogens with zero attached hydrogens (tertiary/aromatic N) is 1. The largest absolute Gasteiger partial charge is 0.370 e. The molecule has 0 amide bonds. The zero-order valence-corrected chi connectivity index (χ0v) is 11.2. The fraction of sp³-hybridized carbons (Fsp3) is 0.857. The molecule has 1 rings (SSSR count). The first-order valence-corrected chi connectivity index (χ1v) is 6.18. The van der Waals surface area contributed by atoms with Crippen molar-refractivity contribution in [3.8, 4) is 0 Å². The van der Waals surface area contributed by atoms with Crippen molar-refractivity contribution in [3.05, 3.63) is 12.3 Å². The van der Waals surface area contributed by atoms with Gasteiger partial charge < -0.3 is 4.90 Å². The van der Waals surface area contributed by atoms with Crippen LogP contribution >= 0.6 is 0 Å². The van der Waals surface area contributed by atoms with Crippen molar-refractivity contribution in [1.29, 1.82) is 0 Å². The third kappa shape index (κ3) is 3.55. The van der Waals surface area contributed by atoms with E-state index < -0.39 is 0 Å². The number of allylic oxidation sites excluding steroid dienone is 1. The van der Waals surface area contributed by atoms with E-state index in [-0.39, 0.29) is 5.54 Å². The lowest BCUT2D eigenvalue weighted by Gasteiger charge is -2.43. The first-order valence-electron chi connectivity index (χ1n) is 6.18. The Morgan fingerprint density at radius 1 is 1.20 bits per heavy atom. The molecule has 0 aromatic rings. The van der Waals surface area contributed by atoms with Crippen LogP contribution in [0.25, 0.3) is 0 Å². The summed E-state index contributed by atoms with van der Waals surface area (Å²) in [5.41, 5.74) is 2.06. The van der Waals surface area contributed by atoms with Gasteiger partial charge in [-0.2, -0.15) is 0 Å². The molecule has 1 nitrogen and oxygen atoms in total. The van der Waals surface area contributed by atoms with Crippen LogP contribution in [0.1, 0.15) is 60.3 Å². The second-order valence-corrected chi connectivity index (χ2v) is 6.66. The molecule has 1 aliphatic rings. The minimum Gasteiger partial charge on any atom is -0.370 e. The Morgan fingerprint density at radius 2 is 1.80 bits per heavy atom. The van der Waals surface area contributed by atoms with E-state index in [1.807, 2.05) is 0 Å². The number of rotatable bonds is 0. The van der Waals surface area contributed by atoms with Crippen LogP contribution in [0.15, 0.2) is 12.3 Å². The Kier molecular flexibility index (Phi) is 3.52. The van der Waals surface area contributed by atoms with E-state index in [9.17, 15) is 0 Å². The van der Waals surface area contributed by atoms with Gasteiger partial charge in [-0.25, -0.2) is 0 Å². The molecule has 0 N–H and O–H groups in total. The second kappa shape index (κ2) is 4.19. The molecule has 0 spiro atoms. The zero-order chi connectivity index (χ0) is 11.7. The molecule has 88 valence electrons. The minimum atomic E-state index is 0.227. The number of likely N-dealkylation sites (tertiary alicyclic amines) is 1. The van der Waals surface area contributed by atoms with Gasteiger partial charge in [0.2, 0.25) is 0 Å². The lowest BCUT2D eigenvalue weighted by atomic mass is 9.81. The predicted octanol–water partition coefficient (Wildman–Crippen LogP) is 4.20. The van der Waals surface area contributed by atoms with Gasteiger partial charge in [0.05, 0.1) is 0 Å². The molecule has 0 aliphatic carbocycles. The van der Waals surface area contributed by atoms with Crippen LogP contribution in [0.2, 0.25) is 0 Å². The van der Waals surface area contributed by atoms with Gasteiger partial charge in [0.15, 0.2) is 0 Å². The van der Waals surface area contributed by atoms with Gasteiger partial charge in [-0.15, -0.1) is 0 Å². The molecule has 1 heteroatoms. The second-order valence-electron chi connectivity index (χ2n) is 6.66. The molecule has 1 heterocycles. The summed E-state index contributed by atoms with van der Waals surface area (Å²) in [6, 6.07) is 0. The first-order chi connectivity index (χ1) is 6.72. The smallest absolute Gasteiger partial charge is 0.0314 e. The monoisotopic (exact) mass is 209 g/mol. The summed E-state index contributed by atoms with van der Waals surface area (Å²) in [4.78, 5) is 2.49. The highest BCUT2D eigenvalue weighted by molar-refractivity contribution is 5.01. The van der Waals surface area contributed by atoms with E-state index in [2.05, 4.69) is 46.1 Å². The van der Waals surface area contributed by atoms with E-state index in [0.29, 0.717) is 5.41 Å². The van der Waals surface area contributed by atoms with E-state index >= 15 is 0 Å². The van der Waals surface area contributed by atoms with Gasteiger partial charge in [0.25, 0.3) is 0 Å². The summed E-state index contributed by atoms with van der Waals surface area (Å²) in [5, 5.41) is 0. The Hall–Kier alpha value is -0.460. The molecular formula is C14H27N. The van der Waals surface area contributed by atoms with Gasteiger partial charge in [0.1, 0.15) is 0 Å². The van der Waals surface area contributed by atoms with Crippen molar-refractivity contribution >= 4 is 0 Å². The Balaban J connectivity index is 2.74. The quantitative estimate of drug-likeness (QED) is 0.578. The molecule has 0 atom stereocenters. The Bertz CT molecular complexity index is 232. The minimum absolute atomic E-state index is 0.227. The van der Waals surface area contributed by atoms with E-state index in [1.165, 1.54) is 31.4 Å². The summed E-state index contributed by atoms with van der Waals surface area (Å²) in [5.74, 6) is 0. The standard InChI is InChI=1S/C14H27N/c1-12-8-7-9-14(5,6)10-11-15(12)13(2,3)4/h1,7-11H2,2-6H3. The highest BCUT2D eigenvalue weighted by Crippen LogP contribution is 2.34. The van der Waals surface area contributed by atoms with Crippen LogP contribution in [-0.2, 0) is 0 Å². The van der Waals surface area contributed by atoms with Crippen molar-refractivity contribution in [2.45, 2.75) is 65.8 Å². The molecular weight excluding hydrogens is 182 g/mol. The first kappa shape index (κ1) is 12.6. The predicted molar refractivity (Wildman–Crippen MR) is 67.8 cm³/mol. The van der Waals surface area contributed by atoms with Crippen molar-refractivity contribution in [2.75, 3.05) is 6.54 Å². The number of hydrogen-bond acceptors (Lipinski definition) is 1. The average Bonchev–Trinajstić information content (AvgIpc) is 1.98. The Labute approximate surface area is 95.5 Å². The highest BCUT2D eigenvalue weighted by atomic mass is 15.2. The van der Waals surface area contributed by atoms with Crippen LogP contribution in [0.3, 0.4) is 0 Å². The summed E-state index contributed by atoms with van der Waals surface area (Å²) in [6.45, 7) is 17.0. The molecule has 0 bridgehead atoms. The van der Waals surface area contributed by atoms with E-state index in [4.69, 9.17) is 0 Å². The normalized spacial score (nSPS) is 23.5. The van der Waals surface area contributed by atoms with Gasteiger partial charge >= 0.3 is 0 Å². The topological polar surface area (TPSA) is 3.24 Å². The summed E-state index contributed by atoms with van der Waals surface area (Å²) >= 11 is 0. The van der Waals surface area contributed by atoms with Gasteiger partial charge in [-0.1, -0.05) is 20.4 Å². The number of hydrogen-bond donors (Lipinski definition) is 0. The van der Waals surface area contributed by atoms with Crippen LogP contribution in [0.4, 0.5) is 0 Å². The maximum atomic E-state index is 4.24. The summed E-state index contributed by atoms with van der Waals surface area (Å²) in [6.07, 6.45) is 5.08. The maximum Gasteiger partial charge on any atom is 0.0314 e. The molecule has 0 saturated carbocycles. The average molecular weight is 209 g/mol. The fourth-order valence-electron chi connectivity index (χ4n) is 2.41. The SMILES string of the molecule is C=C1CCCC(C)(C)CCN1C(C)(C)C. The Morgan fingerprint density at radius 3 is 2.33 bits per heavy atom. The lowest BCUT2D eigenvalue weighted by molar-refractivity contribution is 0.133. The van der Waals surface area contributed by atoms with E-state index in [1.54, 1.807) is 0 Å². The summed E-state index contributed by atoms with van der Waals surface area (Å²) < 4.78 is 0. The summed E-state index contributed by atoms with van der Waals surface area (Å²) in [7, 11) is 0. The lowest BCUT2D eigenvalue weighted by Crippen LogP contribution is -2.43. The van der Waals surface area contributed by atoms with Crippen molar-refractivity contribution in [2.24, 2.45) is 5.41 Å². The van der Waals surface area contributed by atoms with Crippen LogP contribution in [0, 0.1) is 5.41 Å². The molecule has 1 aliphatic heterocycles. The molecule has 15 heavy (non-hydrogen) atoms. The maximum absolute atomic E-state index is 4.24. The molecule has 0 radical (unpaired) electrons. The highest BCUT2D eigenvalue weighted by Gasteiger charge is 2.28. The molecule has 0 unspecified atom stereocenters. The molecule has 1 fully saturated rings. The van der Waals surface area contributed by atoms with E-state index in [0.717, 1.165) is 6.54 Å². The molecule has 0 aromatic carbocycles. The van der Waals surface area contributed by atoms with Crippen LogP contribution in [-0.4, -0.2) is 17.0 Å².